The second kappa shape index (κ2) is 7.10. The zero-order chi connectivity index (χ0) is 19.7. The number of nitrogens with two attached hydrogens (primary N) is 1. The molecule has 0 saturated heterocycles. The number of sulfonamides is 1. The Bertz CT molecular complexity index is 1120. The summed E-state index contributed by atoms with van der Waals surface area (Å²) in [7, 11) is -3.73. The molecule has 4 N–H and O–H groups in total. The van der Waals surface area contributed by atoms with Crippen LogP contribution in [0.5, 0.6) is 5.75 Å². The van der Waals surface area contributed by atoms with E-state index in [9.17, 15) is 13.5 Å². The number of phenols is 1. The number of rotatable bonds is 4. The van der Waals surface area contributed by atoms with E-state index in [1.807, 2.05) is 18.2 Å². The van der Waals surface area contributed by atoms with Gasteiger partial charge in [-0.25, -0.2) is 18.5 Å². The highest BCUT2D eigenvalue weighted by Crippen LogP contribution is 2.37. The van der Waals surface area contributed by atoms with Crippen LogP contribution in [-0.2, 0) is 16.4 Å². The van der Waals surface area contributed by atoms with Gasteiger partial charge in [0.25, 0.3) is 0 Å². The SMILES string of the molecule is NS(=O)(=O)c1ccc(Nc2nccc(N3CCCc4c(O)cccc43)n2)cc1. The highest BCUT2D eigenvalue weighted by molar-refractivity contribution is 7.89. The maximum atomic E-state index is 11.4. The van der Waals surface area contributed by atoms with Crippen LogP contribution >= 0.6 is 0 Å². The number of fused-ring (bicyclic) bond motifs is 1. The number of primary sulfonamides is 1. The summed E-state index contributed by atoms with van der Waals surface area (Å²) in [5.41, 5.74) is 2.50. The van der Waals surface area contributed by atoms with E-state index in [4.69, 9.17) is 5.14 Å². The van der Waals surface area contributed by atoms with E-state index in [1.54, 1.807) is 24.4 Å². The zero-order valence-corrected chi connectivity index (χ0v) is 15.7. The Morgan fingerprint density at radius 2 is 1.89 bits per heavy atom. The van der Waals surface area contributed by atoms with E-state index in [0.717, 1.165) is 30.6 Å². The number of phenolic OH excluding ortho intramolecular Hbond substituents is 1. The quantitative estimate of drug-likeness (QED) is 0.619. The number of hydrogen-bond acceptors (Lipinski definition) is 7. The number of anilines is 4. The molecule has 2 aromatic carbocycles. The molecule has 1 aliphatic rings. The van der Waals surface area contributed by atoms with Gasteiger partial charge in [0.05, 0.1) is 4.90 Å². The first-order valence-electron chi connectivity index (χ1n) is 8.73. The normalized spacial score (nSPS) is 13.8. The summed E-state index contributed by atoms with van der Waals surface area (Å²) in [6, 6.07) is 13.3. The van der Waals surface area contributed by atoms with E-state index >= 15 is 0 Å². The van der Waals surface area contributed by atoms with Crippen LogP contribution in [0, 0.1) is 0 Å². The lowest BCUT2D eigenvalue weighted by molar-refractivity contribution is 0.465. The number of aromatic hydroxyl groups is 1. The summed E-state index contributed by atoms with van der Waals surface area (Å²) in [5.74, 6) is 1.39. The molecule has 0 saturated carbocycles. The van der Waals surface area contributed by atoms with Crippen LogP contribution in [0.3, 0.4) is 0 Å². The van der Waals surface area contributed by atoms with Crippen molar-refractivity contribution < 1.29 is 13.5 Å². The minimum Gasteiger partial charge on any atom is -0.508 e. The van der Waals surface area contributed by atoms with Gasteiger partial charge >= 0.3 is 0 Å². The van der Waals surface area contributed by atoms with Gasteiger partial charge in [0.1, 0.15) is 11.6 Å². The third-order valence-corrected chi connectivity index (χ3v) is 5.51. The van der Waals surface area contributed by atoms with Gasteiger partial charge in [0.2, 0.25) is 16.0 Å². The van der Waals surface area contributed by atoms with Crippen molar-refractivity contribution in [2.75, 3.05) is 16.8 Å². The minimum atomic E-state index is -3.73. The van der Waals surface area contributed by atoms with Gasteiger partial charge in [0, 0.05) is 29.7 Å². The number of benzene rings is 2. The fourth-order valence-corrected chi connectivity index (χ4v) is 3.78. The first-order chi connectivity index (χ1) is 13.4. The molecule has 9 heteroatoms. The van der Waals surface area contributed by atoms with E-state index in [-0.39, 0.29) is 4.90 Å². The van der Waals surface area contributed by atoms with Gasteiger partial charge < -0.3 is 15.3 Å². The smallest absolute Gasteiger partial charge is 0.238 e. The van der Waals surface area contributed by atoms with Crippen molar-refractivity contribution in [2.45, 2.75) is 17.7 Å². The molecule has 0 atom stereocenters. The molecule has 1 aromatic heterocycles. The average molecular weight is 397 g/mol. The van der Waals surface area contributed by atoms with E-state index < -0.39 is 10.0 Å². The summed E-state index contributed by atoms with van der Waals surface area (Å²) in [5, 5.41) is 18.3. The largest absolute Gasteiger partial charge is 0.508 e. The van der Waals surface area contributed by atoms with Crippen molar-refractivity contribution in [2.24, 2.45) is 5.14 Å². The summed E-state index contributed by atoms with van der Waals surface area (Å²) in [6.45, 7) is 0.788. The molecule has 0 fully saturated rings. The molecule has 1 aliphatic heterocycles. The van der Waals surface area contributed by atoms with Crippen LogP contribution in [0.25, 0.3) is 0 Å². The molecule has 3 aromatic rings. The van der Waals surface area contributed by atoms with Crippen LogP contribution in [0.4, 0.5) is 23.1 Å². The van der Waals surface area contributed by atoms with Crippen LogP contribution in [0.15, 0.2) is 59.6 Å². The molecule has 28 heavy (non-hydrogen) atoms. The monoisotopic (exact) mass is 397 g/mol. The predicted octanol–water partition coefficient (Wildman–Crippen LogP) is 2.66. The van der Waals surface area contributed by atoms with E-state index in [0.29, 0.717) is 23.2 Å². The molecule has 0 spiro atoms. The van der Waals surface area contributed by atoms with Crippen molar-refractivity contribution >= 4 is 33.2 Å². The van der Waals surface area contributed by atoms with Crippen molar-refractivity contribution in [3.63, 3.8) is 0 Å². The van der Waals surface area contributed by atoms with Crippen LogP contribution in [-0.4, -0.2) is 30.0 Å². The lowest BCUT2D eigenvalue weighted by Gasteiger charge is -2.30. The highest BCUT2D eigenvalue weighted by atomic mass is 32.2. The van der Waals surface area contributed by atoms with Gasteiger partial charge in [-0.1, -0.05) is 6.07 Å². The zero-order valence-electron chi connectivity index (χ0n) is 14.9. The molecule has 0 unspecified atom stereocenters. The Morgan fingerprint density at radius 3 is 2.64 bits per heavy atom. The molecule has 0 aliphatic carbocycles. The summed E-state index contributed by atoms with van der Waals surface area (Å²) < 4.78 is 22.7. The molecular weight excluding hydrogens is 378 g/mol. The topological polar surface area (TPSA) is 121 Å². The van der Waals surface area contributed by atoms with Crippen molar-refractivity contribution in [1.29, 1.82) is 0 Å². The maximum Gasteiger partial charge on any atom is 0.238 e. The molecule has 2 heterocycles. The van der Waals surface area contributed by atoms with Crippen LogP contribution < -0.4 is 15.4 Å². The van der Waals surface area contributed by atoms with E-state index in [2.05, 4.69) is 20.2 Å². The molecular formula is C19H19N5O3S. The lowest BCUT2D eigenvalue weighted by atomic mass is 10.0. The van der Waals surface area contributed by atoms with Crippen LogP contribution in [0.2, 0.25) is 0 Å². The molecule has 4 rings (SSSR count). The van der Waals surface area contributed by atoms with Crippen molar-refractivity contribution in [3.8, 4) is 5.75 Å². The Labute approximate surface area is 162 Å². The third-order valence-electron chi connectivity index (χ3n) is 4.58. The minimum absolute atomic E-state index is 0.0393. The lowest BCUT2D eigenvalue weighted by Crippen LogP contribution is -2.25. The number of hydrogen-bond donors (Lipinski definition) is 3. The third kappa shape index (κ3) is 3.62. The maximum absolute atomic E-state index is 11.4. The second-order valence-corrected chi connectivity index (χ2v) is 8.02. The van der Waals surface area contributed by atoms with Gasteiger partial charge in [-0.05, 0) is 55.3 Å². The van der Waals surface area contributed by atoms with E-state index in [1.165, 1.54) is 12.1 Å². The van der Waals surface area contributed by atoms with Gasteiger partial charge in [-0.3, -0.25) is 0 Å². The molecule has 0 amide bonds. The predicted molar refractivity (Wildman–Crippen MR) is 107 cm³/mol. The van der Waals surface area contributed by atoms with Crippen molar-refractivity contribution in [3.05, 3.63) is 60.3 Å². The molecule has 0 radical (unpaired) electrons. The fourth-order valence-electron chi connectivity index (χ4n) is 3.26. The Balaban J connectivity index is 1.60. The molecule has 144 valence electrons. The standard InChI is InChI=1S/C19H19N5O3S/c20-28(26,27)14-8-6-13(7-9-14)22-19-21-11-10-18(23-19)24-12-2-3-15-16(24)4-1-5-17(15)25/h1,4-11,25H,2-3,12H2,(H2,20,26,27)(H,21,22,23). The first kappa shape index (κ1) is 18.2. The first-order valence-corrected chi connectivity index (χ1v) is 10.3. The molecule has 0 bridgehead atoms. The summed E-state index contributed by atoms with van der Waals surface area (Å²) >= 11 is 0. The summed E-state index contributed by atoms with van der Waals surface area (Å²) in [6.07, 6.45) is 3.39. The Kier molecular flexibility index (Phi) is 4.62. The Hall–Kier alpha value is -3.17. The van der Waals surface area contributed by atoms with Gasteiger partial charge in [-0.2, -0.15) is 4.98 Å². The highest BCUT2D eigenvalue weighted by Gasteiger charge is 2.21. The average Bonchev–Trinajstić information content (AvgIpc) is 2.68. The number of nitrogens with one attached hydrogen (secondary N) is 1. The number of aromatic nitrogens is 2. The van der Waals surface area contributed by atoms with Crippen LogP contribution in [0.1, 0.15) is 12.0 Å². The second-order valence-electron chi connectivity index (χ2n) is 6.46. The summed E-state index contributed by atoms with van der Waals surface area (Å²) in [4.78, 5) is 10.9. The van der Waals surface area contributed by atoms with Crippen molar-refractivity contribution in [1.82, 2.24) is 9.97 Å². The fraction of sp³-hybridized carbons (Fsp3) is 0.158. The Morgan fingerprint density at radius 1 is 1.11 bits per heavy atom. The number of nitrogens with zero attached hydrogens (tertiary/aromatic N) is 3. The van der Waals surface area contributed by atoms with Gasteiger partial charge in [0.15, 0.2) is 0 Å². The van der Waals surface area contributed by atoms with Gasteiger partial charge in [-0.15, -0.1) is 0 Å². The molecule has 8 nitrogen and oxygen atoms in total.